The van der Waals surface area contributed by atoms with Crippen LogP contribution in [0.3, 0.4) is 0 Å². The van der Waals surface area contributed by atoms with Crippen molar-refractivity contribution in [1.82, 2.24) is 0 Å². The van der Waals surface area contributed by atoms with Gasteiger partial charge in [0.2, 0.25) is 0 Å². The average molecular weight is 283 g/mol. The molecule has 1 fully saturated rings. The second-order valence-electron chi connectivity index (χ2n) is 7.80. The molecule has 1 aliphatic rings. The minimum atomic E-state index is -1.61. The Morgan fingerprint density at radius 1 is 1.21 bits per heavy atom. The third kappa shape index (κ3) is 4.75. The number of hydrogen-bond acceptors (Lipinski definition) is 1. The smallest absolute Gasteiger partial charge is 0.192 e. The lowest BCUT2D eigenvalue weighted by Gasteiger charge is -2.43. The molecule has 1 aliphatic carbocycles. The van der Waals surface area contributed by atoms with Gasteiger partial charge in [-0.2, -0.15) is 0 Å². The zero-order valence-corrected chi connectivity index (χ0v) is 15.2. The van der Waals surface area contributed by atoms with Crippen molar-refractivity contribution in [3.63, 3.8) is 0 Å². The summed E-state index contributed by atoms with van der Waals surface area (Å²) in [6.45, 7) is 16.2. The summed E-state index contributed by atoms with van der Waals surface area (Å²) in [5, 5.41) is 0.324. The zero-order chi connectivity index (χ0) is 14.7. The maximum atomic E-state index is 6.71. The Labute approximate surface area is 122 Å². The molecule has 0 spiro atoms. The third-order valence-electron chi connectivity index (χ3n) is 5.17. The molecule has 0 heterocycles. The predicted octanol–water partition coefficient (Wildman–Crippen LogP) is 5.92. The van der Waals surface area contributed by atoms with Crippen molar-refractivity contribution in [2.75, 3.05) is 0 Å². The van der Waals surface area contributed by atoms with Crippen LogP contribution in [0, 0.1) is 5.92 Å². The highest BCUT2D eigenvalue weighted by Gasteiger charge is 2.41. The number of allylic oxidation sites excluding steroid dienone is 2. The molecule has 0 radical (unpaired) electrons. The lowest BCUT2D eigenvalue weighted by atomic mass is 9.82. The molecule has 19 heavy (non-hydrogen) atoms. The van der Waals surface area contributed by atoms with Gasteiger partial charge in [-0.3, -0.25) is 0 Å². The monoisotopic (exact) mass is 282 g/mol. The average Bonchev–Trinajstić information content (AvgIpc) is 2.29. The molecule has 0 aromatic heterocycles. The maximum absolute atomic E-state index is 6.71. The van der Waals surface area contributed by atoms with Crippen LogP contribution in [0.5, 0.6) is 0 Å². The molecule has 1 saturated carbocycles. The van der Waals surface area contributed by atoms with E-state index in [-0.39, 0.29) is 0 Å². The van der Waals surface area contributed by atoms with E-state index in [9.17, 15) is 0 Å². The summed E-state index contributed by atoms with van der Waals surface area (Å²) in [5.41, 5.74) is 1.52. The quantitative estimate of drug-likeness (QED) is 0.459. The van der Waals surface area contributed by atoms with Gasteiger partial charge in [-0.25, -0.2) is 0 Å². The van der Waals surface area contributed by atoms with Crippen LogP contribution in [-0.4, -0.2) is 14.4 Å². The van der Waals surface area contributed by atoms with Gasteiger partial charge in [0, 0.05) is 6.10 Å². The van der Waals surface area contributed by atoms with Gasteiger partial charge in [-0.1, -0.05) is 45.3 Å². The summed E-state index contributed by atoms with van der Waals surface area (Å²) in [5.74, 6) is 0.749. The highest BCUT2D eigenvalue weighted by Crippen LogP contribution is 2.41. The minimum Gasteiger partial charge on any atom is -0.414 e. The topological polar surface area (TPSA) is 9.23 Å². The Hall–Kier alpha value is -0.0831. The van der Waals surface area contributed by atoms with Gasteiger partial charge in [-0.15, -0.1) is 0 Å². The molecule has 0 bridgehead atoms. The Balaban J connectivity index is 2.73. The molecule has 0 aromatic carbocycles. The van der Waals surface area contributed by atoms with Gasteiger partial charge in [-0.05, 0) is 57.2 Å². The van der Waals surface area contributed by atoms with E-state index in [1.807, 2.05) is 0 Å². The van der Waals surface area contributed by atoms with Gasteiger partial charge >= 0.3 is 0 Å². The first kappa shape index (κ1) is 17.0. The van der Waals surface area contributed by atoms with Crippen LogP contribution in [0.4, 0.5) is 0 Å². The summed E-state index contributed by atoms with van der Waals surface area (Å²) >= 11 is 0. The largest absolute Gasteiger partial charge is 0.414 e. The number of rotatable bonds is 4. The van der Waals surface area contributed by atoms with Gasteiger partial charge in [0.1, 0.15) is 0 Å². The van der Waals surface area contributed by atoms with Gasteiger partial charge < -0.3 is 4.43 Å². The van der Waals surface area contributed by atoms with E-state index in [1.165, 1.54) is 37.7 Å². The van der Waals surface area contributed by atoms with Crippen LogP contribution in [0.25, 0.3) is 0 Å². The van der Waals surface area contributed by atoms with Crippen molar-refractivity contribution in [3.05, 3.63) is 11.6 Å². The highest BCUT2D eigenvalue weighted by atomic mass is 28.4. The lowest BCUT2D eigenvalue weighted by Crippen LogP contribution is -2.46. The first-order valence-corrected chi connectivity index (χ1v) is 10.9. The first-order chi connectivity index (χ1) is 8.67. The summed E-state index contributed by atoms with van der Waals surface area (Å²) < 4.78 is 6.71. The van der Waals surface area contributed by atoms with Crippen molar-refractivity contribution < 1.29 is 4.43 Å². The van der Waals surface area contributed by atoms with E-state index in [0.29, 0.717) is 11.1 Å². The molecule has 0 amide bonds. The van der Waals surface area contributed by atoms with Gasteiger partial charge in [0.05, 0.1) is 0 Å². The molecule has 0 unspecified atom stereocenters. The van der Waals surface area contributed by atoms with Crippen LogP contribution in [-0.2, 0) is 4.43 Å². The predicted molar refractivity (Wildman–Crippen MR) is 88.1 cm³/mol. The number of hydrogen-bond donors (Lipinski definition) is 0. The Morgan fingerprint density at radius 3 is 2.32 bits per heavy atom. The van der Waals surface area contributed by atoms with Crippen LogP contribution in [0.1, 0.15) is 66.7 Å². The van der Waals surface area contributed by atoms with Crippen molar-refractivity contribution >= 4 is 8.32 Å². The lowest BCUT2D eigenvalue weighted by molar-refractivity contribution is 0.0791. The molecule has 0 N–H and O–H groups in total. The molecule has 112 valence electrons. The van der Waals surface area contributed by atoms with E-state index >= 15 is 0 Å². The molecule has 2 heteroatoms. The molecule has 0 aromatic rings. The van der Waals surface area contributed by atoms with Crippen molar-refractivity contribution in [1.29, 1.82) is 0 Å². The molecule has 2 atom stereocenters. The van der Waals surface area contributed by atoms with E-state index in [1.54, 1.807) is 0 Å². The minimum absolute atomic E-state index is 0.324. The summed E-state index contributed by atoms with van der Waals surface area (Å²) in [6.07, 6.45) is 9.36. The van der Waals surface area contributed by atoms with E-state index in [4.69, 9.17) is 4.43 Å². The highest BCUT2D eigenvalue weighted by molar-refractivity contribution is 6.74. The molecule has 1 rings (SSSR count). The molecular formula is C17H34OSi. The Morgan fingerprint density at radius 2 is 1.79 bits per heavy atom. The van der Waals surface area contributed by atoms with E-state index in [0.717, 1.165) is 5.92 Å². The fourth-order valence-corrected chi connectivity index (χ4v) is 4.07. The third-order valence-corrected chi connectivity index (χ3v) is 9.67. The van der Waals surface area contributed by atoms with Crippen molar-refractivity contribution in [2.45, 2.75) is 91.0 Å². The van der Waals surface area contributed by atoms with Crippen LogP contribution in [0.15, 0.2) is 11.6 Å². The SMILES string of the molecule is C/C=C(\C)C[C@H]1CCCC[C@@H]1O[Si](C)(C)C(C)(C)C. The van der Waals surface area contributed by atoms with Gasteiger partial charge in [0.15, 0.2) is 8.32 Å². The molecule has 0 saturated heterocycles. The van der Waals surface area contributed by atoms with Crippen LogP contribution in [0.2, 0.25) is 18.1 Å². The van der Waals surface area contributed by atoms with Crippen molar-refractivity contribution in [2.24, 2.45) is 5.92 Å². The van der Waals surface area contributed by atoms with Gasteiger partial charge in [0.25, 0.3) is 0 Å². The summed E-state index contributed by atoms with van der Waals surface area (Å²) in [4.78, 5) is 0. The standard InChI is InChI=1S/C17H34OSi/c1-8-14(2)13-15-11-9-10-12-16(15)18-19(6,7)17(3,4)5/h8,15-16H,9-13H2,1-7H3/b14-8+/t15-,16+/m1/s1. The normalized spacial score (nSPS) is 26.6. The first-order valence-electron chi connectivity index (χ1n) is 7.97. The van der Waals surface area contributed by atoms with Crippen LogP contribution >= 0.6 is 0 Å². The Bertz CT molecular complexity index is 312. The van der Waals surface area contributed by atoms with E-state index in [2.05, 4.69) is 53.8 Å². The fraction of sp³-hybridized carbons (Fsp3) is 0.882. The zero-order valence-electron chi connectivity index (χ0n) is 14.2. The molecule has 0 aliphatic heterocycles. The maximum Gasteiger partial charge on any atom is 0.192 e. The fourth-order valence-electron chi connectivity index (χ4n) is 2.65. The molecule has 1 nitrogen and oxygen atoms in total. The van der Waals surface area contributed by atoms with Crippen molar-refractivity contribution in [3.8, 4) is 0 Å². The van der Waals surface area contributed by atoms with E-state index < -0.39 is 8.32 Å². The Kier molecular flexibility index (Phi) is 5.88. The second kappa shape index (κ2) is 6.58. The summed E-state index contributed by atoms with van der Waals surface area (Å²) in [6, 6.07) is 0. The molecular weight excluding hydrogens is 248 g/mol. The van der Waals surface area contributed by atoms with Crippen LogP contribution < -0.4 is 0 Å². The second-order valence-corrected chi connectivity index (χ2v) is 12.6. The summed E-state index contributed by atoms with van der Waals surface area (Å²) in [7, 11) is -1.61.